The maximum atomic E-state index is 13.2. The number of para-hydroxylation sites is 1. The Labute approximate surface area is 158 Å². The van der Waals surface area contributed by atoms with E-state index in [1.54, 1.807) is 24.3 Å². The molecule has 4 aromatic rings. The zero-order valence-corrected chi connectivity index (χ0v) is 14.5. The first-order chi connectivity index (χ1) is 13.6. The SMILES string of the molecule is O=C1c2cccc3c([N+](=O)[O-])ccc(c23)C(=O)[C@H]1c1ccc2ccccc2n1. The van der Waals surface area contributed by atoms with Crippen LogP contribution in [0.15, 0.2) is 66.7 Å². The van der Waals surface area contributed by atoms with E-state index < -0.39 is 10.8 Å². The van der Waals surface area contributed by atoms with E-state index in [-0.39, 0.29) is 17.3 Å². The lowest BCUT2D eigenvalue weighted by Gasteiger charge is -2.22. The lowest BCUT2D eigenvalue weighted by atomic mass is 9.78. The number of hydrogen-bond donors (Lipinski definition) is 0. The summed E-state index contributed by atoms with van der Waals surface area (Å²) in [6, 6.07) is 18.5. The zero-order chi connectivity index (χ0) is 19.4. The van der Waals surface area contributed by atoms with E-state index in [0.29, 0.717) is 33.1 Å². The van der Waals surface area contributed by atoms with Crippen LogP contribution in [-0.2, 0) is 0 Å². The van der Waals surface area contributed by atoms with Gasteiger partial charge in [-0.3, -0.25) is 24.7 Å². The van der Waals surface area contributed by atoms with Crippen molar-refractivity contribution in [2.45, 2.75) is 5.92 Å². The number of fused-ring (bicyclic) bond motifs is 1. The number of nitro benzene ring substituents is 1. The van der Waals surface area contributed by atoms with Gasteiger partial charge in [0.05, 0.1) is 21.5 Å². The summed E-state index contributed by atoms with van der Waals surface area (Å²) >= 11 is 0. The maximum absolute atomic E-state index is 13.2. The third kappa shape index (κ3) is 2.18. The molecular weight excluding hydrogens is 356 g/mol. The largest absolute Gasteiger partial charge is 0.293 e. The molecule has 0 saturated heterocycles. The van der Waals surface area contributed by atoms with Gasteiger partial charge in [-0.15, -0.1) is 0 Å². The number of Topliss-reactive ketones (excluding diaryl/α,β-unsaturated/α-hetero) is 2. The molecule has 1 aromatic heterocycles. The number of nitro groups is 1. The maximum Gasteiger partial charge on any atom is 0.277 e. The van der Waals surface area contributed by atoms with Crippen LogP contribution in [0.5, 0.6) is 0 Å². The normalized spacial score (nSPS) is 15.9. The number of aromatic nitrogens is 1. The molecular formula is C22H12N2O4. The molecule has 3 aromatic carbocycles. The Morgan fingerprint density at radius 3 is 2.36 bits per heavy atom. The van der Waals surface area contributed by atoms with Crippen LogP contribution in [0.1, 0.15) is 32.3 Å². The fourth-order valence-corrected chi connectivity index (χ4v) is 3.90. The molecule has 6 nitrogen and oxygen atoms in total. The van der Waals surface area contributed by atoms with Gasteiger partial charge in [-0.25, -0.2) is 0 Å². The summed E-state index contributed by atoms with van der Waals surface area (Å²) in [7, 11) is 0. The van der Waals surface area contributed by atoms with Crippen molar-refractivity contribution in [1.82, 2.24) is 4.98 Å². The van der Waals surface area contributed by atoms with Crippen molar-refractivity contribution in [2.75, 3.05) is 0 Å². The van der Waals surface area contributed by atoms with Gasteiger partial charge in [0.25, 0.3) is 5.69 Å². The Hall–Kier alpha value is -3.93. The third-order valence-electron chi connectivity index (χ3n) is 5.19. The van der Waals surface area contributed by atoms with Gasteiger partial charge in [-0.2, -0.15) is 0 Å². The van der Waals surface area contributed by atoms with Gasteiger partial charge < -0.3 is 0 Å². The molecule has 0 N–H and O–H groups in total. The zero-order valence-electron chi connectivity index (χ0n) is 14.5. The van der Waals surface area contributed by atoms with Crippen molar-refractivity contribution in [1.29, 1.82) is 0 Å². The number of benzene rings is 3. The molecule has 0 saturated carbocycles. The highest BCUT2D eigenvalue weighted by Crippen LogP contribution is 2.39. The molecule has 0 amide bonds. The molecule has 0 spiro atoms. The van der Waals surface area contributed by atoms with Crippen LogP contribution in [0.2, 0.25) is 0 Å². The average Bonchev–Trinajstić information content (AvgIpc) is 2.71. The van der Waals surface area contributed by atoms with Crippen molar-refractivity contribution in [3.63, 3.8) is 0 Å². The molecule has 0 unspecified atom stereocenters. The van der Waals surface area contributed by atoms with Gasteiger partial charge in [0.15, 0.2) is 11.6 Å². The van der Waals surface area contributed by atoms with Crippen LogP contribution < -0.4 is 0 Å². The van der Waals surface area contributed by atoms with E-state index in [1.807, 2.05) is 30.3 Å². The van der Waals surface area contributed by atoms with Gasteiger partial charge in [0.2, 0.25) is 0 Å². The molecule has 28 heavy (non-hydrogen) atoms. The van der Waals surface area contributed by atoms with Crippen molar-refractivity contribution in [2.24, 2.45) is 0 Å². The van der Waals surface area contributed by atoms with Crippen molar-refractivity contribution in [3.8, 4) is 0 Å². The molecule has 1 atom stereocenters. The molecule has 1 heterocycles. The van der Waals surface area contributed by atoms with E-state index >= 15 is 0 Å². The molecule has 134 valence electrons. The summed E-state index contributed by atoms with van der Waals surface area (Å²) in [6.45, 7) is 0. The van der Waals surface area contributed by atoms with Crippen LogP contribution in [-0.4, -0.2) is 21.5 Å². The Morgan fingerprint density at radius 1 is 0.821 bits per heavy atom. The molecule has 1 aliphatic rings. The van der Waals surface area contributed by atoms with E-state index in [9.17, 15) is 19.7 Å². The summed E-state index contributed by atoms with van der Waals surface area (Å²) in [5.41, 5.74) is 1.60. The van der Waals surface area contributed by atoms with E-state index in [1.165, 1.54) is 12.1 Å². The Bertz CT molecular complexity index is 1320. The summed E-state index contributed by atoms with van der Waals surface area (Å²) in [4.78, 5) is 41.8. The fraction of sp³-hybridized carbons (Fsp3) is 0.0455. The van der Waals surface area contributed by atoms with Crippen LogP contribution in [0.4, 0.5) is 5.69 Å². The van der Waals surface area contributed by atoms with Crippen LogP contribution >= 0.6 is 0 Å². The number of rotatable bonds is 2. The first kappa shape index (κ1) is 16.3. The standard InChI is InChI=1S/C22H12N2O4/c25-21-14-6-3-5-13-18(24(27)28)11-9-15(19(13)14)22(26)20(21)17-10-8-12-4-1-2-7-16(12)23-17/h1-11,20H/t20-/m0/s1. The molecule has 6 heteroatoms. The third-order valence-corrected chi connectivity index (χ3v) is 5.19. The minimum atomic E-state index is -1.05. The van der Waals surface area contributed by atoms with Gasteiger partial charge in [0, 0.05) is 28.0 Å². The van der Waals surface area contributed by atoms with Crippen LogP contribution in [0.25, 0.3) is 21.7 Å². The number of nitrogens with zero attached hydrogens (tertiary/aromatic N) is 2. The van der Waals surface area contributed by atoms with E-state index in [0.717, 1.165) is 5.39 Å². The molecule has 0 fully saturated rings. The lowest BCUT2D eigenvalue weighted by Crippen LogP contribution is -2.28. The minimum absolute atomic E-state index is 0.122. The predicted octanol–water partition coefficient (Wildman–Crippen LogP) is 4.46. The number of carbonyl (C=O) groups is 2. The minimum Gasteiger partial charge on any atom is -0.293 e. The second-order valence-electron chi connectivity index (χ2n) is 6.71. The molecule has 5 rings (SSSR count). The fourth-order valence-electron chi connectivity index (χ4n) is 3.90. The second kappa shape index (κ2) is 5.79. The highest BCUT2D eigenvalue weighted by Gasteiger charge is 2.39. The van der Waals surface area contributed by atoms with Crippen molar-refractivity contribution >= 4 is 38.9 Å². The summed E-state index contributed by atoms with van der Waals surface area (Å²) in [5.74, 6) is -1.82. The Morgan fingerprint density at radius 2 is 1.57 bits per heavy atom. The molecule has 0 bridgehead atoms. The first-order valence-corrected chi connectivity index (χ1v) is 8.70. The monoisotopic (exact) mass is 368 g/mol. The van der Waals surface area contributed by atoms with Gasteiger partial charge in [0.1, 0.15) is 5.92 Å². The highest BCUT2D eigenvalue weighted by molar-refractivity contribution is 6.32. The Kier molecular flexibility index (Phi) is 3.36. The number of carbonyl (C=O) groups excluding carboxylic acids is 2. The topological polar surface area (TPSA) is 90.2 Å². The number of pyridine rings is 1. The molecule has 0 radical (unpaired) electrons. The quantitative estimate of drug-likeness (QED) is 0.296. The number of ketones is 2. The lowest BCUT2D eigenvalue weighted by molar-refractivity contribution is -0.383. The van der Waals surface area contributed by atoms with E-state index in [4.69, 9.17) is 0 Å². The van der Waals surface area contributed by atoms with Crippen LogP contribution in [0.3, 0.4) is 0 Å². The van der Waals surface area contributed by atoms with Gasteiger partial charge in [-0.1, -0.05) is 36.4 Å². The second-order valence-corrected chi connectivity index (χ2v) is 6.71. The molecule has 0 aliphatic heterocycles. The number of hydrogen-bond acceptors (Lipinski definition) is 5. The smallest absolute Gasteiger partial charge is 0.277 e. The summed E-state index contributed by atoms with van der Waals surface area (Å²) in [6.07, 6.45) is 0. The number of non-ortho nitro benzene ring substituents is 1. The van der Waals surface area contributed by atoms with Crippen molar-refractivity contribution in [3.05, 3.63) is 93.7 Å². The predicted molar refractivity (Wildman–Crippen MR) is 104 cm³/mol. The molecule has 1 aliphatic carbocycles. The Balaban J connectivity index is 1.75. The van der Waals surface area contributed by atoms with Crippen molar-refractivity contribution < 1.29 is 14.5 Å². The first-order valence-electron chi connectivity index (χ1n) is 8.70. The average molecular weight is 368 g/mol. The van der Waals surface area contributed by atoms with Gasteiger partial charge >= 0.3 is 0 Å². The summed E-state index contributed by atoms with van der Waals surface area (Å²) in [5, 5.41) is 12.9. The van der Waals surface area contributed by atoms with Crippen LogP contribution in [0, 0.1) is 10.1 Å². The van der Waals surface area contributed by atoms with E-state index in [2.05, 4.69) is 4.98 Å². The van der Waals surface area contributed by atoms with Gasteiger partial charge in [-0.05, 0) is 24.3 Å². The highest BCUT2D eigenvalue weighted by atomic mass is 16.6. The summed E-state index contributed by atoms with van der Waals surface area (Å²) < 4.78 is 0.